The molecule has 0 atom stereocenters. The number of nitrogen functional groups attached to an aromatic ring is 1. The maximum absolute atomic E-state index is 13.4. The third kappa shape index (κ3) is 3.77. The number of nitrogens with zero attached hydrogens (tertiary/aromatic N) is 3. The molecule has 0 aliphatic heterocycles. The standard InChI is InChI=1S/C12H14FN5O/c13-10-4-3-9(14)6-11(10)17-12(19)2-1-5-18-8-15-7-16-18/h3-4,6-8H,1-2,5,14H2,(H,17,19). The largest absolute Gasteiger partial charge is 0.399 e. The van der Waals surface area contributed by atoms with Crippen LogP contribution < -0.4 is 11.1 Å². The van der Waals surface area contributed by atoms with Crippen LogP contribution in [0.3, 0.4) is 0 Å². The first-order valence-corrected chi connectivity index (χ1v) is 5.82. The number of hydrogen-bond acceptors (Lipinski definition) is 4. The Kier molecular flexibility index (Phi) is 4.07. The van der Waals surface area contributed by atoms with Crippen LogP contribution >= 0.6 is 0 Å². The van der Waals surface area contributed by atoms with E-state index < -0.39 is 5.82 Å². The number of amides is 1. The van der Waals surface area contributed by atoms with Crippen LogP contribution in [-0.4, -0.2) is 20.7 Å². The molecule has 1 heterocycles. The van der Waals surface area contributed by atoms with Crippen molar-refractivity contribution >= 4 is 17.3 Å². The average molecular weight is 263 g/mol. The van der Waals surface area contributed by atoms with E-state index in [9.17, 15) is 9.18 Å². The van der Waals surface area contributed by atoms with E-state index in [0.29, 0.717) is 18.7 Å². The number of nitrogens with two attached hydrogens (primary N) is 1. The molecule has 0 saturated heterocycles. The molecule has 7 heteroatoms. The minimum absolute atomic E-state index is 0.103. The highest BCUT2D eigenvalue weighted by atomic mass is 19.1. The molecule has 1 aromatic carbocycles. The molecule has 3 N–H and O–H groups in total. The third-order valence-electron chi connectivity index (χ3n) is 2.52. The number of rotatable bonds is 5. The summed E-state index contributed by atoms with van der Waals surface area (Å²) in [5.41, 5.74) is 6.04. The Bertz CT molecular complexity index is 555. The van der Waals surface area contributed by atoms with Crippen LogP contribution in [0.5, 0.6) is 0 Å². The van der Waals surface area contributed by atoms with Crippen molar-refractivity contribution in [2.24, 2.45) is 0 Å². The zero-order valence-electron chi connectivity index (χ0n) is 10.2. The zero-order chi connectivity index (χ0) is 13.7. The summed E-state index contributed by atoms with van der Waals surface area (Å²) in [5.74, 6) is -0.761. The van der Waals surface area contributed by atoms with Crippen molar-refractivity contribution in [3.05, 3.63) is 36.7 Å². The number of nitrogens with one attached hydrogen (secondary N) is 1. The van der Waals surface area contributed by atoms with Gasteiger partial charge in [0.1, 0.15) is 18.5 Å². The van der Waals surface area contributed by atoms with Gasteiger partial charge in [0, 0.05) is 18.7 Å². The monoisotopic (exact) mass is 263 g/mol. The van der Waals surface area contributed by atoms with Gasteiger partial charge in [-0.1, -0.05) is 0 Å². The summed E-state index contributed by atoms with van der Waals surface area (Å²) in [5, 5.41) is 6.41. The number of carbonyl (C=O) groups excluding carboxylic acids is 1. The second-order valence-corrected chi connectivity index (χ2v) is 4.05. The molecule has 0 aliphatic rings. The van der Waals surface area contributed by atoms with Crippen LogP contribution in [0.25, 0.3) is 0 Å². The Balaban J connectivity index is 1.82. The van der Waals surface area contributed by atoms with Crippen molar-refractivity contribution in [1.29, 1.82) is 0 Å². The molecule has 0 radical (unpaired) electrons. The van der Waals surface area contributed by atoms with Crippen LogP contribution in [0, 0.1) is 5.82 Å². The summed E-state index contributed by atoms with van der Waals surface area (Å²) < 4.78 is 15.0. The molecule has 100 valence electrons. The highest BCUT2D eigenvalue weighted by Gasteiger charge is 2.07. The van der Waals surface area contributed by atoms with Crippen molar-refractivity contribution in [2.75, 3.05) is 11.1 Å². The first kappa shape index (κ1) is 13.0. The number of benzene rings is 1. The summed E-state index contributed by atoms with van der Waals surface area (Å²) in [4.78, 5) is 15.4. The normalized spacial score (nSPS) is 10.4. The molecular formula is C12H14FN5O. The average Bonchev–Trinajstić information content (AvgIpc) is 2.87. The summed E-state index contributed by atoms with van der Waals surface area (Å²) in [6, 6.07) is 4.06. The summed E-state index contributed by atoms with van der Waals surface area (Å²) in [7, 11) is 0. The van der Waals surface area contributed by atoms with E-state index in [2.05, 4.69) is 15.4 Å². The van der Waals surface area contributed by atoms with Crippen LogP contribution in [0.2, 0.25) is 0 Å². The van der Waals surface area contributed by atoms with Gasteiger partial charge >= 0.3 is 0 Å². The van der Waals surface area contributed by atoms with E-state index in [1.54, 1.807) is 11.0 Å². The van der Waals surface area contributed by atoms with Gasteiger partial charge < -0.3 is 11.1 Å². The first-order chi connectivity index (χ1) is 9.15. The summed E-state index contributed by atoms with van der Waals surface area (Å²) in [6.45, 7) is 0.590. The van der Waals surface area contributed by atoms with Gasteiger partial charge in [0.15, 0.2) is 0 Å². The van der Waals surface area contributed by atoms with Gasteiger partial charge in [0.2, 0.25) is 5.91 Å². The molecule has 0 saturated carbocycles. The fourth-order valence-electron chi connectivity index (χ4n) is 1.60. The summed E-state index contributed by atoms with van der Waals surface area (Å²) >= 11 is 0. The van der Waals surface area contributed by atoms with Crippen molar-refractivity contribution in [3.63, 3.8) is 0 Å². The topological polar surface area (TPSA) is 85.8 Å². The fourth-order valence-corrected chi connectivity index (χ4v) is 1.60. The maximum Gasteiger partial charge on any atom is 0.224 e. The second kappa shape index (κ2) is 5.94. The van der Waals surface area contributed by atoms with E-state index in [-0.39, 0.29) is 18.0 Å². The highest BCUT2D eigenvalue weighted by molar-refractivity contribution is 5.91. The molecule has 2 aromatic rings. The molecule has 1 aromatic heterocycles. The van der Waals surface area contributed by atoms with E-state index in [0.717, 1.165) is 0 Å². The molecule has 0 unspecified atom stereocenters. The Hall–Kier alpha value is -2.44. The first-order valence-electron chi connectivity index (χ1n) is 5.82. The Morgan fingerprint density at radius 3 is 3.05 bits per heavy atom. The highest BCUT2D eigenvalue weighted by Crippen LogP contribution is 2.17. The smallest absolute Gasteiger partial charge is 0.224 e. The number of halogens is 1. The molecule has 6 nitrogen and oxygen atoms in total. The quantitative estimate of drug-likeness (QED) is 0.799. The third-order valence-corrected chi connectivity index (χ3v) is 2.52. The van der Waals surface area contributed by atoms with Crippen molar-refractivity contribution in [1.82, 2.24) is 14.8 Å². The molecule has 2 rings (SSSR count). The molecule has 1 amide bonds. The summed E-state index contributed by atoms with van der Waals surface area (Å²) in [6.07, 6.45) is 3.88. The minimum Gasteiger partial charge on any atom is -0.399 e. The lowest BCUT2D eigenvalue weighted by Gasteiger charge is -2.07. The van der Waals surface area contributed by atoms with Crippen LogP contribution in [0.15, 0.2) is 30.9 Å². The van der Waals surface area contributed by atoms with Gasteiger partial charge in [-0.3, -0.25) is 9.48 Å². The van der Waals surface area contributed by atoms with Crippen LogP contribution in [0.1, 0.15) is 12.8 Å². The maximum atomic E-state index is 13.4. The molecule has 0 spiro atoms. The van der Waals surface area contributed by atoms with E-state index in [4.69, 9.17) is 5.73 Å². The van der Waals surface area contributed by atoms with Gasteiger partial charge in [-0.15, -0.1) is 0 Å². The Morgan fingerprint density at radius 1 is 1.47 bits per heavy atom. The van der Waals surface area contributed by atoms with Crippen molar-refractivity contribution in [2.45, 2.75) is 19.4 Å². The van der Waals surface area contributed by atoms with E-state index in [1.807, 2.05) is 0 Å². The minimum atomic E-state index is -0.501. The zero-order valence-corrected chi connectivity index (χ0v) is 10.2. The molecule has 0 aliphatic carbocycles. The van der Waals surface area contributed by atoms with Crippen LogP contribution in [-0.2, 0) is 11.3 Å². The van der Waals surface area contributed by atoms with Gasteiger partial charge in [-0.2, -0.15) is 5.10 Å². The second-order valence-electron chi connectivity index (χ2n) is 4.05. The van der Waals surface area contributed by atoms with E-state index >= 15 is 0 Å². The van der Waals surface area contributed by atoms with Gasteiger partial charge in [0.25, 0.3) is 0 Å². The van der Waals surface area contributed by atoms with Gasteiger partial charge in [0.05, 0.1) is 5.69 Å². The Morgan fingerprint density at radius 2 is 2.32 bits per heavy atom. The number of aryl methyl sites for hydroxylation is 1. The lowest BCUT2D eigenvalue weighted by atomic mass is 10.2. The number of aromatic nitrogens is 3. The predicted octanol–water partition coefficient (Wildman–Crippen LogP) is 1.42. The SMILES string of the molecule is Nc1ccc(F)c(NC(=O)CCCn2cncn2)c1. The van der Waals surface area contributed by atoms with Crippen molar-refractivity contribution in [3.8, 4) is 0 Å². The lowest BCUT2D eigenvalue weighted by molar-refractivity contribution is -0.116. The number of anilines is 2. The number of carbonyl (C=O) groups is 1. The molecule has 19 heavy (non-hydrogen) atoms. The van der Waals surface area contributed by atoms with Gasteiger partial charge in [-0.05, 0) is 24.6 Å². The van der Waals surface area contributed by atoms with E-state index in [1.165, 1.54) is 24.5 Å². The fraction of sp³-hybridized carbons (Fsp3) is 0.250. The van der Waals surface area contributed by atoms with Gasteiger partial charge in [-0.25, -0.2) is 9.37 Å². The van der Waals surface area contributed by atoms with Crippen LogP contribution in [0.4, 0.5) is 15.8 Å². The molecule has 0 bridgehead atoms. The Labute approximate surface area is 109 Å². The lowest BCUT2D eigenvalue weighted by Crippen LogP contribution is -2.13. The number of hydrogen-bond donors (Lipinski definition) is 2. The molecular weight excluding hydrogens is 249 g/mol. The molecule has 0 fully saturated rings. The van der Waals surface area contributed by atoms with Crippen molar-refractivity contribution < 1.29 is 9.18 Å². The predicted molar refractivity (Wildman–Crippen MR) is 68.7 cm³/mol.